The maximum atomic E-state index is 12.0. The Hall–Kier alpha value is -2.66. The number of nitrogens with zero attached hydrogens (tertiary/aromatic N) is 3. The van der Waals surface area contributed by atoms with E-state index in [1.807, 2.05) is 18.2 Å². The number of carbonyl (C=O) groups is 1. The highest BCUT2D eigenvalue weighted by Crippen LogP contribution is 2.18. The Morgan fingerprint density at radius 1 is 1.16 bits per heavy atom. The maximum absolute atomic E-state index is 12.0. The molecule has 5 nitrogen and oxygen atoms in total. The zero-order valence-corrected chi connectivity index (χ0v) is 14.4. The summed E-state index contributed by atoms with van der Waals surface area (Å²) >= 11 is 0. The maximum Gasteiger partial charge on any atom is 0.270 e. The first kappa shape index (κ1) is 17.2. The van der Waals surface area contributed by atoms with Crippen molar-refractivity contribution in [3.05, 3.63) is 72.6 Å². The van der Waals surface area contributed by atoms with Crippen molar-refractivity contribution in [1.82, 2.24) is 15.2 Å². The predicted octanol–water partition coefficient (Wildman–Crippen LogP) is 2.32. The molecular weight excluding hydrogens is 312 g/mol. The topological polar surface area (TPSA) is 48.5 Å². The van der Waals surface area contributed by atoms with Crippen molar-refractivity contribution in [2.75, 3.05) is 37.6 Å². The Kier molecular flexibility index (Phi) is 5.80. The molecule has 1 aliphatic rings. The van der Waals surface area contributed by atoms with Crippen molar-refractivity contribution in [2.45, 2.75) is 6.54 Å². The molecule has 130 valence electrons. The van der Waals surface area contributed by atoms with Gasteiger partial charge in [-0.3, -0.25) is 14.7 Å². The third-order valence-corrected chi connectivity index (χ3v) is 4.37. The molecule has 0 atom stereocenters. The molecule has 1 fully saturated rings. The first-order valence-electron chi connectivity index (χ1n) is 8.62. The van der Waals surface area contributed by atoms with Crippen LogP contribution in [0.1, 0.15) is 16.1 Å². The van der Waals surface area contributed by atoms with E-state index in [-0.39, 0.29) is 5.91 Å². The van der Waals surface area contributed by atoms with Crippen LogP contribution in [0.2, 0.25) is 0 Å². The van der Waals surface area contributed by atoms with E-state index < -0.39 is 0 Å². The standard InChI is InChI=1S/C20H24N4O/c1-2-9-22-20(25)19-15-18(8-10-21-19)24-13-11-23(12-14-24)16-17-6-4-3-5-7-17/h2-8,10,15H,1,9,11-14,16H2,(H,22,25). The van der Waals surface area contributed by atoms with E-state index in [0.29, 0.717) is 12.2 Å². The Morgan fingerprint density at radius 2 is 1.92 bits per heavy atom. The van der Waals surface area contributed by atoms with Gasteiger partial charge in [-0.25, -0.2) is 0 Å². The average Bonchev–Trinajstić information content (AvgIpc) is 2.67. The van der Waals surface area contributed by atoms with Crippen LogP contribution in [-0.4, -0.2) is 48.5 Å². The minimum absolute atomic E-state index is 0.163. The molecule has 0 radical (unpaired) electrons. The van der Waals surface area contributed by atoms with Crippen molar-refractivity contribution in [2.24, 2.45) is 0 Å². The lowest BCUT2D eigenvalue weighted by Crippen LogP contribution is -2.46. The predicted molar refractivity (Wildman–Crippen MR) is 101 cm³/mol. The summed E-state index contributed by atoms with van der Waals surface area (Å²) in [7, 11) is 0. The second-order valence-corrected chi connectivity index (χ2v) is 6.15. The van der Waals surface area contributed by atoms with Gasteiger partial charge >= 0.3 is 0 Å². The monoisotopic (exact) mass is 336 g/mol. The fourth-order valence-corrected chi connectivity index (χ4v) is 3.00. The number of rotatable bonds is 6. The highest BCUT2D eigenvalue weighted by atomic mass is 16.1. The molecule has 3 rings (SSSR count). The fraction of sp³-hybridized carbons (Fsp3) is 0.300. The summed E-state index contributed by atoms with van der Waals surface area (Å²) in [6, 6.07) is 14.4. The first-order chi connectivity index (χ1) is 12.3. The normalized spacial score (nSPS) is 15.0. The number of hydrogen-bond acceptors (Lipinski definition) is 4. The Labute approximate surface area is 149 Å². The van der Waals surface area contributed by atoms with Gasteiger partial charge in [0, 0.05) is 51.2 Å². The lowest BCUT2D eigenvalue weighted by Gasteiger charge is -2.36. The highest BCUT2D eigenvalue weighted by Gasteiger charge is 2.18. The van der Waals surface area contributed by atoms with Gasteiger partial charge in [-0.1, -0.05) is 36.4 Å². The van der Waals surface area contributed by atoms with Crippen LogP contribution in [0.5, 0.6) is 0 Å². The molecule has 0 spiro atoms. The van der Waals surface area contributed by atoms with Crippen LogP contribution in [-0.2, 0) is 6.54 Å². The molecule has 25 heavy (non-hydrogen) atoms. The summed E-state index contributed by atoms with van der Waals surface area (Å²) in [6.45, 7) is 8.96. The molecule has 1 aromatic heterocycles. The smallest absolute Gasteiger partial charge is 0.270 e. The summed E-state index contributed by atoms with van der Waals surface area (Å²) in [6.07, 6.45) is 3.36. The molecule has 2 heterocycles. The minimum Gasteiger partial charge on any atom is -0.369 e. The lowest BCUT2D eigenvalue weighted by molar-refractivity contribution is 0.0953. The van der Waals surface area contributed by atoms with Gasteiger partial charge in [0.05, 0.1) is 0 Å². The summed E-state index contributed by atoms with van der Waals surface area (Å²) in [5.74, 6) is -0.163. The molecule has 5 heteroatoms. The van der Waals surface area contributed by atoms with Crippen LogP contribution in [0.25, 0.3) is 0 Å². The van der Waals surface area contributed by atoms with Crippen molar-refractivity contribution >= 4 is 11.6 Å². The molecule has 1 amide bonds. The molecule has 1 aromatic carbocycles. The number of carbonyl (C=O) groups excluding carboxylic acids is 1. The molecule has 0 unspecified atom stereocenters. The van der Waals surface area contributed by atoms with E-state index in [1.54, 1.807) is 12.3 Å². The molecule has 2 aromatic rings. The summed E-state index contributed by atoms with van der Waals surface area (Å²) in [4.78, 5) is 21.0. The number of nitrogens with one attached hydrogen (secondary N) is 1. The van der Waals surface area contributed by atoms with Crippen molar-refractivity contribution in [3.63, 3.8) is 0 Å². The largest absolute Gasteiger partial charge is 0.369 e. The van der Waals surface area contributed by atoms with Crippen molar-refractivity contribution in [1.29, 1.82) is 0 Å². The Bertz CT molecular complexity index is 709. The summed E-state index contributed by atoms with van der Waals surface area (Å²) in [5.41, 5.74) is 2.85. The van der Waals surface area contributed by atoms with Gasteiger partial charge in [0.1, 0.15) is 5.69 Å². The van der Waals surface area contributed by atoms with E-state index in [2.05, 4.69) is 50.9 Å². The number of hydrogen-bond donors (Lipinski definition) is 1. The van der Waals surface area contributed by atoms with Crippen LogP contribution < -0.4 is 10.2 Å². The van der Waals surface area contributed by atoms with Gasteiger partial charge in [0.25, 0.3) is 5.91 Å². The van der Waals surface area contributed by atoms with Crippen LogP contribution in [0.15, 0.2) is 61.3 Å². The fourth-order valence-electron chi connectivity index (χ4n) is 3.00. The zero-order valence-electron chi connectivity index (χ0n) is 14.4. The number of amides is 1. The molecule has 1 aliphatic heterocycles. The molecule has 0 aliphatic carbocycles. The van der Waals surface area contributed by atoms with Crippen molar-refractivity contribution in [3.8, 4) is 0 Å². The Morgan fingerprint density at radius 3 is 2.64 bits per heavy atom. The average molecular weight is 336 g/mol. The van der Waals surface area contributed by atoms with Crippen molar-refractivity contribution < 1.29 is 4.79 Å². The van der Waals surface area contributed by atoms with E-state index >= 15 is 0 Å². The van der Waals surface area contributed by atoms with Crippen LogP contribution in [0.4, 0.5) is 5.69 Å². The summed E-state index contributed by atoms with van der Waals surface area (Å²) in [5, 5.41) is 2.77. The quantitative estimate of drug-likeness (QED) is 0.823. The van der Waals surface area contributed by atoms with Crippen LogP contribution in [0.3, 0.4) is 0 Å². The summed E-state index contributed by atoms with van der Waals surface area (Å²) < 4.78 is 0. The van der Waals surface area contributed by atoms with Gasteiger partial charge in [-0.2, -0.15) is 0 Å². The molecule has 0 bridgehead atoms. The van der Waals surface area contributed by atoms with Crippen LogP contribution in [0, 0.1) is 0 Å². The first-order valence-corrected chi connectivity index (χ1v) is 8.62. The van der Waals surface area contributed by atoms with E-state index in [4.69, 9.17) is 0 Å². The minimum atomic E-state index is -0.163. The number of pyridine rings is 1. The number of aromatic nitrogens is 1. The van der Waals surface area contributed by atoms with Gasteiger partial charge in [-0.05, 0) is 17.7 Å². The third-order valence-electron chi connectivity index (χ3n) is 4.37. The van der Waals surface area contributed by atoms with Gasteiger partial charge in [-0.15, -0.1) is 6.58 Å². The third kappa shape index (κ3) is 4.67. The van der Waals surface area contributed by atoms with E-state index in [1.165, 1.54) is 5.56 Å². The van der Waals surface area contributed by atoms with Gasteiger partial charge in [0.2, 0.25) is 0 Å². The van der Waals surface area contributed by atoms with Crippen LogP contribution >= 0.6 is 0 Å². The SMILES string of the molecule is C=CCNC(=O)c1cc(N2CCN(Cc3ccccc3)CC2)ccn1. The van der Waals surface area contributed by atoms with E-state index in [9.17, 15) is 4.79 Å². The van der Waals surface area contributed by atoms with Gasteiger partial charge in [0.15, 0.2) is 0 Å². The number of anilines is 1. The molecule has 0 saturated carbocycles. The molecular formula is C20H24N4O. The number of benzene rings is 1. The van der Waals surface area contributed by atoms with Gasteiger partial charge < -0.3 is 10.2 Å². The Balaban J connectivity index is 1.57. The second kappa shape index (κ2) is 8.44. The van der Waals surface area contributed by atoms with E-state index in [0.717, 1.165) is 38.4 Å². The zero-order chi connectivity index (χ0) is 17.5. The number of piperazine rings is 1. The highest BCUT2D eigenvalue weighted by molar-refractivity contribution is 5.93. The molecule has 1 N–H and O–H groups in total. The lowest BCUT2D eigenvalue weighted by atomic mass is 10.2. The second-order valence-electron chi connectivity index (χ2n) is 6.15. The molecule has 1 saturated heterocycles.